The van der Waals surface area contributed by atoms with Gasteiger partial charge in [-0.05, 0) is 44.7 Å². The molecule has 0 amide bonds. The standard InChI is InChI=1S/C11H20N2O/c12-6-2-1-3-7-13-8-4-5-11(9-13)10-14/h11,14H,1-5,7-10H2. The van der Waals surface area contributed by atoms with Crippen LogP contribution in [0.15, 0.2) is 0 Å². The van der Waals surface area contributed by atoms with Crippen LogP contribution in [0.1, 0.15) is 32.1 Å². The van der Waals surface area contributed by atoms with Gasteiger partial charge in [0.2, 0.25) is 0 Å². The summed E-state index contributed by atoms with van der Waals surface area (Å²) in [5, 5.41) is 17.4. The molecule has 0 aromatic rings. The van der Waals surface area contributed by atoms with Crippen LogP contribution < -0.4 is 0 Å². The highest BCUT2D eigenvalue weighted by Crippen LogP contribution is 2.16. The average Bonchev–Trinajstić information content (AvgIpc) is 2.25. The highest BCUT2D eigenvalue weighted by atomic mass is 16.3. The Balaban J connectivity index is 2.08. The fourth-order valence-electron chi connectivity index (χ4n) is 2.04. The van der Waals surface area contributed by atoms with Crippen LogP contribution in [0, 0.1) is 17.2 Å². The predicted molar refractivity (Wildman–Crippen MR) is 55.7 cm³/mol. The Kier molecular flexibility index (Phi) is 5.58. The van der Waals surface area contributed by atoms with Crippen molar-refractivity contribution < 1.29 is 5.11 Å². The van der Waals surface area contributed by atoms with Gasteiger partial charge in [-0.1, -0.05) is 0 Å². The normalized spacial score (nSPS) is 23.3. The lowest BCUT2D eigenvalue weighted by Crippen LogP contribution is -2.37. The first-order valence-electron chi connectivity index (χ1n) is 5.57. The zero-order valence-corrected chi connectivity index (χ0v) is 8.78. The zero-order chi connectivity index (χ0) is 10.2. The molecule has 0 aliphatic carbocycles. The second-order valence-electron chi connectivity index (χ2n) is 4.11. The highest BCUT2D eigenvalue weighted by Gasteiger charge is 2.18. The Labute approximate surface area is 86.3 Å². The van der Waals surface area contributed by atoms with Crippen LogP contribution in [0.2, 0.25) is 0 Å². The first-order chi connectivity index (χ1) is 6.86. The van der Waals surface area contributed by atoms with Crippen molar-refractivity contribution >= 4 is 0 Å². The van der Waals surface area contributed by atoms with Crippen molar-refractivity contribution in [1.82, 2.24) is 4.90 Å². The monoisotopic (exact) mass is 196 g/mol. The van der Waals surface area contributed by atoms with Crippen LogP contribution in [0.4, 0.5) is 0 Å². The molecular weight excluding hydrogens is 176 g/mol. The summed E-state index contributed by atoms with van der Waals surface area (Å²) >= 11 is 0. The predicted octanol–water partition coefficient (Wildman–Crippen LogP) is 1.38. The smallest absolute Gasteiger partial charge is 0.0621 e. The number of nitrogens with zero attached hydrogens (tertiary/aromatic N) is 2. The number of hydrogen-bond donors (Lipinski definition) is 1. The van der Waals surface area contributed by atoms with Crippen molar-refractivity contribution in [3.63, 3.8) is 0 Å². The summed E-state index contributed by atoms with van der Waals surface area (Å²) in [6.07, 6.45) is 5.19. The first-order valence-corrected chi connectivity index (χ1v) is 5.57. The quantitative estimate of drug-likeness (QED) is 0.676. The summed E-state index contributed by atoms with van der Waals surface area (Å²) in [7, 11) is 0. The van der Waals surface area contributed by atoms with Crippen LogP contribution >= 0.6 is 0 Å². The zero-order valence-electron chi connectivity index (χ0n) is 8.78. The molecule has 1 heterocycles. The molecule has 3 nitrogen and oxygen atoms in total. The molecule has 1 N–H and O–H groups in total. The summed E-state index contributed by atoms with van der Waals surface area (Å²) in [5.74, 6) is 0.486. The van der Waals surface area contributed by atoms with Gasteiger partial charge in [-0.25, -0.2) is 0 Å². The van der Waals surface area contributed by atoms with E-state index in [4.69, 9.17) is 10.4 Å². The van der Waals surface area contributed by atoms with Crippen molar-refractivity contribution in [3.8, 4) is 6.07 Å². The molecule has 14 heavy (non-hydrogen) atoms. The van der Waals surface area contributed by atoms with E-state index in [0.717, 1.165) is 25.9 Å². The van der Waals surface area contributed by atoms with Crippen molar-refractivity contribution in [2.45, 2.75) is 32.1 Å². The Bertz CT molecular complexity index is 188. The average molecular weight is 196 g/mol. The Morgan fingerprint density at radius 2 is 2.29 bits per heavy atom. The highest BCUT2D eigenvalue weighted by molar-refractivity contribution is 4.73. The Morgan fingerprint density at radius 3 is 3.00 bits per heavy atom. The van der Waals surface area contributed by atoms with E-state index in [-0.39, 0.29) is 0 Å². The largest absolute Gasteiger partial charge is 0.396 e. The van der Waals surface area contributed by atoms with E-state index in [1.54, 1.807) is 0 Å². The van der Waals surface area contributed by atoms with E-state index >= 15 is 0 Å². The number of likely N-dealkylation sites (tertiary alicyclic amines) is 1. The van der Waals surface area contributed by atoms with Gasteiger partial charge in [0.05, 0.1) is 6.07 Å². The molecule has 1 aliphatic heterocycles. The second kappa shape index (κ2) is 6.80. The molecule has 0 aromatic carbocycles. The van der Waals surface area contributed by atoms with Crippen molar-refractivity contribution in [2.24, 2.45) is 5.92 Å². The number of unbranched alkanes of at least 4 members (excludes halogenated alkanes) is 2. The van der Waals surface area contributed by atoms with Gasteiger partial charge in [-0.2, -0.15) is 5.26 Å². The van der Waals surface area contributed by atoms with Gasteiger partial charge in [-0.3, -0.25) is 0 Å². The number of rotatable bonds is 5. The maximum absolute atomic E-state index is 9.05. The minimum atomic E-state index is 0.328. The molecule has 0 bridgehead atoms. The summed E-state index contributed by atoms with van der Waals surface area (Å²) in [4.78, 5) is 2.42. The second-order valence-corrected chi connectivity index (χ2v) is 4.11. The van der Waals surface area contributed by atoms with Crippen LogP contribution in [-0.2, 0) is 0 Å². The van der Waals surface area contributed by atoms with E-state index in [1.807, 2.05) is 0 Å². The van der Waals surface area contributed by atoms with Gasteiger partial charge in [-0.15, -0.1) is 0 Å². The Hall–Kier alpha value is -0.590. The van der Waals surface area contributed by atoms with Gasteiger partial charge in [0, 0.05) is 19.6 Å². The fraction of sp³-hybridized carbons (Fsp3) is 0.909. The topological polar surface area (TPSA) is 47.3 Å². The molecule has 1 saturated heterocycles. The molecule has 1 fully saturated rings. The lowest BCUT2D eigenvalue weighted by molar-refractivity contribution is 0.119. The first kappa shape index (κ1) is 11.5. The molecule has 0 aromatic heterocycles. The molecule has 0 radical (unpaired) electrons. The molecule has 1 rings (SSSR count). The number of aliphatic hydroxyl groups is 1. The van der Waals surface area contributed by atoms with Crippen LogP contribution in [0.3, 0.4) is 0 Å². The van der Waals surface area contributed by atoms with E-state index in [0.29, 0.717) is 18.9 Å². The minimum absolute atomic E-state index is 0.328. The number of nitriles is 1. The van der Waals surface area contributed by atoms with Gasteiger partial charge in [0.15, 0.2) is 0 Å². The van der Waals surface area contributed by atoms with Gasteiger partial charge in [0.25, 0.3) is 0 Å². The third kappa shape index (κ3) is 4.08. The molecule has 80 valence electrons. The molecule has 3 heteroatoms. The van der Waals surface area contributed by atoms with Crippen LogP contribution in [0.25, 0.3) is 0 Å². The maximum Gasteiger partial charge on any atom is 0.0621 e. The number of hydrogen-bond acceptors (Lipinski definition) is 3. The number of aliphatic hydroxyl groups excluding tert-OH is 1. The molecule has 0 saturated carbocycles. The van der Waals surface area contributed by atoms with E-state index < -0.39 is 0 Å². The lowest BCUT2D eigenvalue weighted by Gasteiger charge is -2.31. The molecule has 1 atom stereocenters. The Morgan fingerprint density at radius 1 is 1.43 bits per heavy atom. The lowest BCUT2D eigenvalue weighted by atomic mass is 9.99. The van der Waals surface area contributed by atoms with E-state index in [9.17, 15) is 0 Å². The van der Waals surface area contributed by atoms with Crippen molar-refractivity contribution in [2.75, 3.05) is 26.2 Å². The van der Waals surface area contributed by atoms with Crippen molar-refractivity contribution in [1.29, 1.82) is 5.26 Å². The number of piperidine rings is 1. The summed E-state index contributed by atoms with van der Waals surface area (Å²) in [6.45, 7) is 3.64. The van der Waals surface area contributed by atoms with Crippen molar-refractivity contribution in [3.05, 3.63) is 0 Å². The van der Waals surface area contributed by atoms with E-state index in [2.05, 4.69) is 11.0 Å². The van der Waals surface area contributed by atoms with E-state index in [1.165, 1.54) is 19.4 Å². The minimum Gasteiger partial charge on any atom is -0.396 e. The SMILES string of the molecule is N#CCCCCN1CCCC(CO)C1. The third-order valence-electron chi connectivity index (χ3n) is 2.87. The van der Waals surface area contributed by atoms with Gasteiger partial charge < -0.3 is 10.0 Å². The van der Waals surface area contributed by atoms with Gasteiger partial charge >= 0.3 is 0 Å². The van der Waals surface area contributed by atoms with Crippen LogP contribution in [0.5, 0.6) is 0 Å². The fourth-order valence-corrected chi connectivity index (χ4v) is 2.04. The summed E-state index contributed by atoms with van der Waals surface area (Å²) < 4.78 is 0. The molecule has 1 unspecified atom stereocenters. The molecular formula is C11H20N2O. The molecule has 1 aliphatic rings. The third-order valence-corrected chi connectivity index (χ3v) is 2.87. The maximum atomic E-state index is 9.05. The summed E-state index contributed by atoms with van der Waals surface area (Å²) in [6, 6.07) is 2.17. The summed E-state index contributed by atoms with van der Waals surface area (Å²) in [5.41, 5.74) is 0. The van der Waals surface area contributed by atoms with Gasteiger partial charge in [0.1, 0.15) is 0 Å². The molecule has 0 spiro atoms. The van der Waals surface area contributed by atoms with Crippen LogP contribution in [-0.4, -0.2) is 36.2 Å².